The second kappa shape index (κ2) is 9.51. The van der Waals surface area contributed by atoms with Crippen LogP contribution in [-0.4, -0.2) is 47.7 Å². The fraction of sp³-hybridized carbons (Fsp3) is 0.304. The number of nitrogens with zero attached hydrogens (tertiary/aromatic N) is 3. The van der Waals surface area contributed by atoms with E-state index < -0.39 is 5.97 Å². The fourth-order valence-corrected chi connectivity index (χ4v) is 3.45. The third-order valence-corrected chi connectivity index (χ3v) is 5.18. The Morgan fingerprint density at radius 1 is 1.12 bits per heavy atom. The maximum Gasteiger partial charge on any atom is 0.338 e. The van der Waals surface area contributed by atoms with Crippen molar-refractivity contribution in [3.8, 4) is 22.9 Å². The Kier molecular flexibility index (Phi) is 6.34. The second-order valence-electron chi connectivity index (χ2n) is 7.27. The highest BCUT2D eigenvalue weighted by molar-refractivity contribution is 5.89. The first-order valence-corrected chi connectivity index (χ1v) is 10.2. The van der Waals surface area contributed by atoms with Gasteiger partial charge in [0.2, 0.25) is 11.7 Å². The Balaban J connectivity index is 1.36. The lowest BCUT2D eigenvalue weighted by molar-refractivity contribution is -0.128. The lowest BCUT2D eigenvalue weighted by atomic mass is 10.1. The highest BCUT2D eigenvalue weighted by Gasteiger charge is 2.20. The zero-order valence-electron chi connectivity index (χ0n) is 17.9. The van der Waals surface area contributed by atoms with E-state index in [-0.39, 0.29) is 18.4 Å². The van der Waals surface area contributed by atoms with Crippen LogP contribution in [0.25, 0.3) is 11.4 Å². The number of methoxy groups -OCH3 is 2. The van der Waals surface area contributed by atoms with Gasteiger partial charge in [0.1, 0.15) is 11.5 Å². The molecule has 0 unspecified atom stereocenters. The Morgan fingerprint density at radius 2 is 1.94 bits per heavy atom. The predicted octanol–water partition coefficient (Wildman–Crippen LogP) is 3.23. The van der Waals surface area contributed by atoms with Crippen LogP contribution < -0.4 is 9.47 Å². The van der Waals surface area contributed by atoms with Crippen molar-refractivity contribution in [2.75, 3.05) is 20.8 Å². The molecule has 0 saturated carbocycles. The van der Waals surface area contributed by atoms with Gasteiger partial charge < -0.3 is 23.6 Å². The molecule has 0 radical (unpaired) electrons. The lowest BCUT2D eigenvalue weighted by Gasteiger charge is -2.15. The molecule has 2 aromatic carbocycles. The van der Waals surface area contributed by atoms with E-state index in [2.05, 4.69) is 10.1 Å². The van der Waals surface area contributed by atoms with E-state index in [1.54, 1.807) is 37.4 Å². The number of aromatic nitrogens is 2. The van der Waals surface area contributed by atoms with E-state index in [0.29, 0.717) is 41.4 Å². The van der Waals surface area contributed by atoms with Crippen molar-refractivity contribution < 1.29 is 28.3 Å². The molecule has 0 bridgehead atoms. The van der Waals surface area contributed by atoms with Gasteiger partial charge in [-0.1, -0.05) is 17.3 Å². The number of carbonyl (C=O) groups is 2. The van der Waals surface area contributed by atoms with Gasteiger partial charge in [-0.15, -0.1) is 0 Å². The summed E-state index contributed by atoms with van der Waals surface area (Å²) in [5.41, 5.74) is 1.99. The van der Waals surface area contributed by atoms with Crippen LogP contribution in [0.5, 0.6) is 11.5 Å². The lowest BCUT2D eigenvalue weighted by Crippen LogP contribution is -2.23. The van der Waals surface area contributed by atoms with Gasteiger partial charge in [0.15, 0.2) is 6.61 Å². The first-order chi connectivity index (χ1) is 15.6. The topological polar surface area (TPSA) is 104 Å². The number of amides is 1. The van der Waals surface area contributed by atoms with Crippen LogP contribution in [-0.2, 0) is 22.7 Å². The molecule has 1 aromatic heterocycles. The van der Waals surface area contributed by atoms with Gasteiger partial charge in [-0.2, -0.15) is 4.98 Å². The Hall–Kier alpha value is -3.88. The van der Waals surface area contributed by atoms with Crippen LogP contribution in [0.3, 0.4) is 0 Å². The standard InChI is InChI=1S/C23H23N3O6/c1-29-17-9-10-18(19(12-17)30-2)22-24-20(32-25-22)14-31-23(28)16-7-5-15(6-8-16)13-26-11-3-4-21(26)27/h5-10,12H,3-4,11,13-14H2,1-2H3. The molecule has 1 amide bonds. The number of benzene rings is 2. The van der Waals surface area contributed by atoms with Crippen LogP contribution in [0.2, 0.25) is 0 Å². The van der Waals surface area contributed by atoms with Gasteiger partial charge in [0.25, 0.3) is 5.89 Å². The minimum absolute atomic E-state index is 0.158. The number of carbonyl (C=O) groups excluding carboxylic acids is 2. The number of hydrogen-bond donors (Lipinski definition) is 0. The second-order valence-corrected chi connectivity index (χ2v) is 7.27. The molecule has 3 aromatic rings. The van der Waals surface area contributed by atoms with Crippen molar-refractivity contribution in [2.24, 2.45) is 0 Å². The summed E-state index contributed by atoms with van der Waals surface area (Å²) >= 11 is 0. The third kappa shape index (κ3) is 4.72. The Labute approximate surface area is 184 Å². The Bertz CT molecular complexity index is 1110. The first-order valence-electron chi connectivity index (χ1n) is 10.2. The quantitative estimate of drug-likeness (QED) is 0.495. The largest absolute Gasteiger partial charge is 0.497 e. The fourth-order valence-electron chi connectivity index (χ4n) is 3.45. The normalized spacial score (nSPS) is 13.3. The van der Waals surface area contributed by atoms with Crippen LogP contribution in [0.15, 0.2) is 47.0 Å². The molecule has 1 aliphatic heterocycles. The molecule has 0 N–H and O–H groups in total. The zero-order valence-corrected chi connectivity index (χ0v) is 17.9. The highest BCUT2D eigenvalue weighted by Crippen LogP contribution is 2.31. The average molecular weight is 437 g/mol. The van der Waals surface area contributed by atoms with E-state index in [0.717, 1.165) is 18.5 Å². The third-order valence-electron chi connectivity index (χ3n) is 5.18. The van der Waals surface area contributed by atoms with Crippen LogP contribution >= 0.6 is 0 Å². The van der Waals surface area contributed by atoms with Crippen molar-refractivity contribution >= 4 is 11.9 Å². The average Bonchev–Trinajstić information content (AvgIpc) is 3.46. The monoisotopic (exact) mass is 437 g/mol. The molecule has 0 aliphatic carbocycles. The van der Waals surface area contributed by atoms with E-state index in [1.807, 2.05) is 17.0 Å². The van der Waals surface area contributed by atoms with Crippen molar-refractivity contribution in [1.82, 2.24) is 15.0 Å². The summed E-state index contributed by atoms with van der Waals surface area (Å²) in [5, 5.41) is 3.94. The van der Waals surface area contributed by atoms with Crippen molar-refractivity contribution in [3.05, 3.63) is 59.5 Å². The molecule has 1 fully saturated rings. The molecule has 0 atom stereocenters. The maximum atomic E-state index is 12.4. The minimum Gasteiger partial charge on any atom is -0.497 e. The molecule has 9 heteroatoms. The summed E-state index contributed by atoms with van der Waals surface area (Å²) in [5.74, 6) is 1.31. The van der Waals surface area contributed by atoms with Gasteiger partial charge in [-0.25, -0.2) is 4.79 Å². The summed E-state index contributed by atoms with van der Waals surface area (Å²) in [6.07, 6.45) is 1.50. The van der Waals surface area contributed by atoms with Crippen LogP contribution in [0.4, 0.5) is 0 Å². The molecule has 0 spiro atoms. The van der Waals surface area contributed by atoms with Crippen LogP contribution in [0.1, 0.15) is 34.7 Å². The first kappa shape index (κ1) is 21.4. The molecule has 1 saturated heterocycles. The predicted molar refractivity (Wildman–Crippen MR) is 113 cm³/mol. The number of likely N-dealkylation sites (tertiary alicyclic amines) is 1. The van der Waals surface area contributed by atoms with Crippen LogP contribution in [0, 0.1) is 0 Å². The van der Waals surface area contributed by atoms with Crippen molar-refractivity contribution in [1.29, 1.82) is 0 Å². The summed E-state index contributed by atoms with van der Waals surface area (Å²) in [4.78, 5) is 30.2. The van der Waals surface area contributed by atoms with E-state index >= 15 is 0 Å². The molecule has 2 heterocycles. The van der Waals surface area contributed by atoms with E-state index in [9.17, 15) is 9.59 Å². The van der Waals surface area contributed by atoms with Gasteiger partial charge in [-0.3, -0.25) is 4.79 Å². The number of esters is 1. The summed E-state index contributed by atoms with van der Waals surface area (Å²) in [7, 11) is 3.10. The van der Waals surface area contributed by atoms with Crippen molar-refractivity contribution in [3.63, 3.8) is 0 Å². The minimum atomic E-state index is -0.504. The van der Waals surface area contributed by atoms with Gasteiger partial charge >= 0.3 is 5.97 Å². The Morgan fingerprint density at radius 3 is 2.62 bits per heavy atom. The summed E-state index contributed by atoms with van der Waals surface area (Å²) < 4.78 is 21.0. The summed E-state index contributed by atoms with van der Waals surface area (Å²) in [6.45, 7) is 1.17. The zero-order chi connectivity index (χ0) is 22.5. The number of hydrogen-bond acceptors (Lipinski definition) is 8. The highest BCUT2D eigenvalue weighted by atomic mass is 16.6. The van der Waals surface area contributed by atoms with Crippen molar-refractivity contribution in [2.45, 2.75) is 26.0 Å². The SMILES string of the molecule is COc1ccc(-c2noc(COC(=O)c3ccc(CN4CCCC4=O)cc3)n2)c(OC)c1. The summed E-state index contributed by atoms with van der Waals surface area (Å²) in [6, 6.07) is 12.2. The van der Waals surface area contributed by atoms with Gasteiger partial charge in [0, 0.05) is 25.6 Å². The molecule has 4 rings (SSSR count). The van der Waals surface area contributed by atoms with Gasteiger partial charge in [-0.05, 0) is 36.2 Å². The molecular formula is C23H23N3O6. The molecule has 166 valence electrons. The molecule has 32 heavy (non-hydrogen) atoms. The molecular weight excluding hydrogens is 414 g/mol. The molecule has 9 nitrogen and oxygen atoms in total. The molecule has 1 aliphatic rings. The maximum absolute atomic E-state index is 12.4. The smallest absolute Gasteiger partial charge is 0.338 e. The van der Waals surface area contributed by atoms with E-state index in [1.165, 1.54) is 7.11 Å². The number of rotatable bonds is 8. The number of ether oxygens (including phenoxy) is 3. The van der Waals surface area contributed by atoms with Gasteiger partial charge in [0.05, 0.1) is 25.3 Å². The van der Waals surface area contributed by atoms with E-state index in [4.69, 9.17) is 18.7 Å².